The van der Waals surface area contributed by atoms with Crippen LogP contribution in [0.5, 0.6) is 0 Å². The van der Waals surface area contributed by atoms with Gasteiger partial charge in [-0.1, -0.05) is 84.6 Å². The first kappa shape index (κ1) is 25.6. The Hall–Kier alpha value is -4.04. The molecule has 192 valence electrons. The van der Waals surface area contributed by atoms with E-state index >= 15 is 0 Å². The zero-order valence-corrected chi connectivity index (χ0v) is 20.8. The number of amides is 1. The largest absolute Gasteiger partial charge is 0.449 e. The van der Waals surface area contributed by atoms with Gasteiger partial charge in [-0.3, -0.25) is 4.79 Å². The number of hydrogen-bond donors (Lipinski definition) is 1. The molecule has 0 saturated heterocycles. The van der Waals surface area contributed by atoms with Gasteiger partial charge in [0.2, 0.25) is 0 Å². The van der Waals surface area contributed by atoms with Gasteiger partial charge in [-0.05, 0) is 46.0 Å². The van der Waals surface area contributed by atoms with Gasteiger partial charge in [-0.25, -0.2) is 4.79 Å². The van der Waals surface area contributed by atoms with Gasteiger partial charge in [0.15, 0.2) is 6.29 Å². The Balaban J connectivity index is 1.30. The molecule has 38 heavy (non-hydrogen) atoms. The van der Waals surface area contributed by atoms with Crippen LogP contribution in [0.2, 0.25) is 0 Å². The number of rotatable bonds is 7. The summed E-state index contributed by atoms with van der Waals surface area (Å²) >= 11 is 1.04. The number of alkyl halides is 3. The molecule has 0 saturated carbocycles. The Kier molecular flexibility index (Phi) is 7.24. The highest BCUT2D eigenvalue weighted by Gasteiger charge is 2.31. The number of nitrogens with one attached hydrogen (secondary N) is 1. The van der Waals surface area contributed by atoms with E-state index in [0.717, 1.165) is 46.1 Å². The monoisotopic (exact) mass is 533 g/mol. The lowest BCUT2D eigenvalue weighted by molar-refractivity contribution is -0.137. The van der Waals surface area contributed by atoms with Crippen molar-refractivity contribution in [2.24, 2.45) is 0 Å². The zero-order valence-electron chi connectivity index (χ0n) is 20.0. The van der Waals surface area contributed by atoms with Crippen LogP contribution in [0.1, 0.15) is 38.5 Å². The first-order valence-electron chi connectivity index (χ1n) is 11.9. The van der Waals surface area contributed by atoms with Crippen molar-refractivity contribution in [3.63, 3.8) is 0 Å². The maximum atomic E-state index is 13.4. The second-order valence-electron chi connectivity index (χ2n) is 8.76. The van der Waals surface area contributed by atoms with Crippen molar-refractivity contribution < 1.29 is 27.5 Å². The number of hydrogen-bond acceptors (Lipinski definition) is 4. The van der Waals surface area contributed by atoms with E-state index in [4.69, 9.17) is 4.74 Å². The van der Waals surface area contributed by atoms with Gasteiger partial charge in [-0.15, -0.1) is 0 Å². The SMILES string of the molecule is O=Cc1ccccc1Sc1cc(C(F)(F)F)ccc1CNC(=O)OCC1c2ccccc2-c2ccccc21. The molecule has 0 bridgehead atoms. The fourth-order valence-corrected chi connectivity index (χ4v) is 5.65. The number of ether oxygens (including phenoxy) is 1. The van der Waals surface area contributed by atoms with Crippen LogP contribution in [0.25, 0.3) is 11.1 Å². The molecular formula is C30H22F3NO3S. The molecule has 4 aromatic rings. The Labute approximate surface area is 221 Å². The van der Waals surface area contributed by atoms with E-state index in [1.54, 1.807) is 24.3 Å². The van der Waals surface area contributed by atoms with Crippen molar-refractivity contribution in [3.05, 3.63) is 119 Å². The van der Waals surface area contributed by atoms with Gasteiger partial charge in [-0.2, -0.15) is 13.2 Å². The summed E-state index contributed by atoms with van der Waals surface area (Å²) in [7, 11) is 0. The minimum atomic E-state index is -4.53. The number of halogens is 3. The van der Waals surface area contributed by atoms with E-state index in [2.05, 4.69) is 5.32 Å². The maximum absolute atomic E-state index is 13.4. The summed E-state index contributed by atoms with van der Waals surface area (Å²) in [5.41, 5.74) is 4.41. The van der Waals surface area contributed by atoms with E-state index in [9.17, 15) is 22.8 Å². The Morgan fingerprint density at radius 2 is 1.50 bits per heavy atom. The molecule has 0 heterocycles. The van der Waals surface area contributed by atoms with E-state index in [0.29, 0.717) is 22.3 Å². The second kappa shape index (κ2) is 10.8. The van der Waals surface area contributed by atoms with E-state index in [1.165, 1.54) is 6.07 Å². The van der Waals surface area contributed by atoms with Crippen molar-refractivity contribution >= 4 is 24.1 Å². The summed E-state index contributed by atoms with van der Waals surface area (Å²) in [6.45, 7) is 0.0849. The third-order valence-corrected chi connectivity index (χ3v) is 7.62. The van der Waals surface area contributed by atoms with Crippen LogP contribution in [0, 0.1) is 0 Å². The number of carbonyl (C=O) groups is 2. The van der Waals surface area contributed by atoms with Crippen LogP contribution < -0.4 is 5.32 Å². The van der Waals surface area contributed by atoms with Gasteiger partial charge in [0.25, 0.3) is 0 Å². The Morgan fingerprint density at radius 1 is 0.868 bits per heavy atom. The van der Waals surface area contributed by atoms with Crippen molar-refractivity contribution in [1.29, 1.82) is 0 Å². The van der Waals surface area contributed by atoms with Crippen LogP contribution in [-0.2, 0) is 17.5 Å². The Bertz CT molecular complexity index is 1460. The average molecular weight is 534 g/mol. The first-order chi connectivity index (χ1) is 18.3. The predicted molar refractivity (Wildman–Crippen MR) is 139 cm³/mol. The molecule has 0 unspecified atom stereocenters. The molecule has 0 aliphatic heterocycles. The van der Waals surface area contributed by atoms with Gasteiger partial charge in [0.05, 0.1) is 5.56 Å². The van der Waals surface area contributed by atoms with Crippen LogP contribution in [0.15, 0.2) is 101 Å². The standard InChI is InChI=1S/C30H22F3NO3S/c31-30(32,33)21-14-13-19(28(15-21)38-27-12-6-1-7-20(27)17-35)16-34-29(36)37-18-26-24-10-4-2-8-22(24)23-9-3-5-11-25(23)26/h1-15,17,26H,16,18H2,(H,34,36). The van der Waals surface area contributed by atoms with Crippen LogP contribution >= 0.6 is 11.8 Å². The quantitative estimate of drug-likeness (QED) is 0.247. The molecule has 0 aromatic heterocycles. The number of fused-ring (bicyclic) bond motifs is 3. The van der Waals surface area contributed by atoms with Crippen molar-refractivity contribution in [2.45, 2.75) is 28.4 Å². The van der Waals surface area contributed by atoms with E-state index in [-0.39, 0.29) is 24.0 Å². The third kappa shape index (κ3) is 5.31. The molecule has 4 nitrogen and oxygen atoms in total. The molecule has 0 radical (unpaired) electrons. The Morgan fingerprint density at radius 3 is 2.16 bits per heavy atom. The molecule has 1 N–H and O–H groups in total. The summed E-state index contributed by atoms with van der Waals surface area (Å²) < 4.78 is 45.8. The summed E-state index contributed by atoms with van der Waals surface area (Å²) in [4.78, 5) is 24.8. The van der Waals surface area contributed by atoms with E-state index < -0.39 is 17.8 Å². The number of alkyl carbamates (subject to hydrolysis) is 1. The highest BCUT2D eigenvalue weighted by molar-refractivity contribution is 7.99. The average Bonchev–Trinajstić information content (AvgIpc) is 3.24. The lowest BCUT2D eigenvalue weighted by atomic mass is 9.98. The molecule has 8 heteroatoms. The van der Waals surface area contributed by atoms with Crippen LogP contribution in [0.4, 0.5) is 18.0 Å². The molecule has 0 atom stereocenters. The molecular weight excluding hydrogens is 511 g/mol. The molecule has 1 aliphatic rings. The van der Waals surface area contributed by atoms with Gasteiger partial charge in [0.1, 0.15) is 6.61 Å². The van der Waals surface area contributed by atoms with Gasteiger partial charge in [0, 0.05) is 27.8 Å². The summed E-state index contributed by atoms with van der Waals surface area (Å²) in [6, 6.07) is 25.9. The lowest BCUT2D eigenvalue weighted by Gasteiger charge is -2.16. The van der Waals surface area contributed by atoms with Crippen LogP contribution in [0.3, 0.4) is 0 Å². The van der Waals surface area contributed by atoms with Crippen molar-refractivity contribution in [3.8, 4) is 11.1 Å². The molecule has 0 spiro atoms. The van der Waals surface area contributed by atoms with Crippen molar-refractivity contribution in [1.82, 2.24) is 5.32 Å². The fourth-order valence-electron chi connectivity index (χ4n) is 4.58. The second-order valence-corrected chi connectivity index (χ2v) is 9.84. The lowest BCUT2D eigenvalue weighted by Crippen LogP contribution is -2.26. The predicted octanol–water partition coefficient (Wildman–Crippen LogP) is 7.71. The number of aldehydes is 1. The maximum Gasteiger partial charge on any atom is 0.416 e. The molecule has 1 amide bonds. The highest BCUT2D eigenvalue weighted by atomic mass is 32.2. The third-order valence-electron chi connectivity index (χ3n) is 6.43. The number of benzene rings is 4. The summed E-state index contributed by atoms with van der Waals surface area (Å²) in [5, 5.41) is 2.66. The van der Waals surface area contributed by atoms with E-state index in [1.807, 2.05) is 48.5 Å². The number of carbonyl (C=O) groups excluding carboxylic acids is 2. The molecule has 0 fully saturated rings. The zero-order chi connectivity index (χ0) is 26.7. The first-order valence-corrected chi connectivity index (χ1v) is 12.7. The minimum absolute atomic E-state index is 0.0413. The fraction of sp³-hybridized carbons (Fsp3) is 0.133. The highest BCUT2D eigenvalue weighted by Crippen LogP contribution is 2.44. The van der Waals surface area contributed by atoms with Gasteiger partial charge >= 0.3 is 12.3 Å². The summed E-state index contributed by atoms with van der Waals surface area (Å²) in [6.07, 6.45) is -4.54. The van der Waals surface area contributed by atoms with Gasteiger partial charge < -0.3 is 10.1 Å². The summed E-state index contributed by atoms with van der Waals surface area (Å²) in [5.74, 6) is -0.106. The smallest absolute Gasteiger partial charge is 0.416 e. The minimum Gasteiger partial charge on any atom is -0.449 e. The molecule has 5 rings (SSSR count). The van der Waals surface area contributed by atoms with Crippen molar-refractivity contribution in [2.75, 3.05) is 6.61 Å². The normalized spacial score (nSPS) is 12.5. The molecule has 1 aliphatic carbocycles. The molecule has 4 aromatic carbocycles. The van der Waals surface area contributed by atoms with Crippen LogP contribution in [-0.4, -0.2) is 19.0 Å². The topological polar surface area (TPSA) is 55.4 Å².